The number of para-hydroxylation sites is 1. The normalized spacial score (nSPS) is 16.4. The van der Waals surface area contributed by atoms with Crippen molar-refractivity contribution in [1.82, 2.24) is 30.1 Å². The molecule has 9 heteroatoms. The van der Waals surface area contributed by atoms with Gasteiger partial charge in [0.1, 0.15) is 5.75 Å². The van der Waals surface area contributed by atoms with Gasteiger partial charge in [0.25, 0.3) is 5.56 Å². The summed E-state index contributed by atoms with van der Waals surface area (Å²) in [5, 5.41) is 13.8. The molecule has 0 aliphatic carbocycles. The molecule has 2 aromatic heterocycles. The maximum Gasteiger partial charge on any atom is 0.252 e. The lowest BCUT2D eigenvalue weighted by atomic mass is 10.0. The van der Waals surface area contributed by atoms with Crippen LogP contribution in [0.25, 0.3) is 10.9 Å². The molecule has 1 aliphatic rings. The van der Waals surface area contributed by atoms with Crippen LogP contribution in [-0.2, 0) is 24.4 Å². The van der Waals surface area contributed by atoms with Crippen molar-refractivity contribution in [3.8, 4) is 5.75 Å². The van der Waals surface area contributed by atoms with Crippen molar-refractivity contribution in [2.45, 2.75) is 71.8 Å². The average Bonchev–Trinajstić information content (AvgIpc) is 3.59. The third-order valence-corrected chi connectivity index (χ3v) is 7.56. The topological polar surface area (TPSA) is 98.2 Å². The number of hydrogen-bond donors (Lipinski definition) is 1. The van der Waals surface area contributed by atoms with E-state index in [9.17, 15) is 4.79 Å². The van der Waals surface area contributed by atoms with Crippen LogP contribution in [-0.4, -0.2) is 49.9 Å². The number of hydrogen-bond acceptors (Lipinski definition) is 7. The molecule has 0 saturated carbocycles. The van der Waals surface area contributed by atoms with E-state index in [2.05, 4.69) is 58.3 Å². The van der Waals surface area contributed by atoms with E-state index in [1.807, 2.05) is 35.0 Å². The molecule has 0 bridgehead atoms. The molecular weight excluding hydrogens is 480 g/mol. The summed E-state index contributed by atoms with van der Waals surface area (Å²) < 4.78 is 13.4. The van der Waals surface area contributed by atoms with Gasteiger partial charge in [-0.1, -0.05) is 25.1 Å². The Morgan fingerprint density at radius 1 is 1.16 bits per heavy atom. The van der Waals surface area contributed by atoms with Crippen LogP contribution in [0.4, 0.5) is 0 Å². The highest BCUT2D eigenvalue weighted by atomic mass is 16.5. The Labute approximate surface area is 222 Å². The van der Waals surface area contributed by atoms with E-state index < -0.39 is 0 Å². The van der Waals surface area contributed by atoms with Crippen LogP contribution in [0, 0.1) is 13.8 Å². The largest absolute Gasteiger partial charge is 0.496 e. The van der Waals surface area contributed by atoms with Crippen LogP contribution < -0.4 is 10.3 Å². The Bertz CT molecular complexity index is 1460. The summed E-state index contributed by atoms with van der Waals surface area (Å²) in [4.78, 5) is 18.6. The van der Waals surface area contributed by atoms with Gasteiger partial charge in [0.15, 0.2) is 5.82 Å². The number of ether oxygens (including phenoxy) is 2. The molecule has 1 N–H and O–H groups in total. The number of pyridine rings is 1. The standard InChI is InChI=1S/C29H36N6O3/c1-5-26(28-31-32-33-35(28)18-24-10-8-12-38-24)34(16-21-9-6-7-11-27(21)37-4)17-23-15-22-13-19(2)20(3)14-25(22)30-29(23)36/h6-7,9,11,13-15,24,26H,5,8,10,12,16-18H2,1-4H3,(H,30,36)/t24-,26-/m0/s1. The number of nitrogens with zero attached hydrogens (tertiary/aromatic N) is 5. The van der Waals surface area contributed by atoms with Crippen molar-refractivity contribution >= 4 is 10.9 Å². The smallest absolute Gasteiger partial charge is 0.252 e. The molecule has 1 saturated heterocycles. The second kappa shape index (κ2) is 11.4. The van der Waals surface area contributed by atoms with Crippen LogP contribution in [0.3, 0.4) is 0 Å². The van der Waals surface area contributed by atoms with E-state index in [1.165, 1.54) is 5.56 Å². The first-order valence-electron chi connectivity index (χ1n) is 13.3. The fourth-order valence-corrected chi connectivity index (χ4v) is 5.35. The molecule has 38 heavy (non-hydrogen) atoms. The first kappa shape index (κ1) is 26.1. The lowest BCUT2D eigenvalue weighted by Crippen LogP contribution is -2.33. The molecule has 9 nitrogen and oxygen atoms in total. The van der Waals surface area contributed by atoms with E-state index in [-0.39, 0.29) is 17.7 Å². The van der Waals surface area contributed by atoms with Crippen molar-refractivity contribution in [3.05, 3.63) is 80.9 Å². The molecule has 5 rings (SSSR count). The number of benzene rings is 2. The van der Waals surface area contributed by atoms with Crippen molar-refractivity contribution in [2.75, 3.05) is 13.7 Å². The Balaban J connectivity index is 1.53. The van der Waals surface area contributed by atoms with Gasteiger partial charge in [-0.05, 0) is 84.3 Å². The lowest BCUT2D eigenvalue weighted by Gasteiger charge is -2.31. The molecule has 4 aromatic rings. The van der Waals surface area contributed by atoms with Crippen molar-refractivity contribution in [2.24, 2.45) is 0 Å². The Hall–Kier alpha value is -3.56. The number of fused-ring (bicyclic) bond motifs is 1. The first-order valence-corrected chi connectivity index (χ1v) is 13.3. The first-order chi connectivity index (χ1) is 18.5. The minimum absolute atomic E-state index is 0.0837. The summed E-state index contributed by atoms with van der Waals surface area (Å²) in [5.74, 6) is 1.59. The summed E-state index contributed by atoms with van der Waals surface area (Å²) in [5.41, 5.74) is 4.86. The number of nitrogens with one attached hydrogen (secondary N) is 1. The van der Waals surface area contributed by atoms with Gasteiger partial charge in [0, 0.05) is 36.3 Å². The summed E-state index contributed by atoms with van der Waals surface area (Å²) in [7, 11) is 1.68. The van der Waals surface area contributed by atoms with E-state index in [0.717, 1.165) is 59.5 Å². The molecule has 3 heterocycles. The number of aromatic amines is 1. The maximum atomic E-state index is 13.3. The second-order valence-electron chi connectivity index (χ2n) is 10.1. The van der Waals surface area contributed by atoms with E-state index in [0.29, 0.717) is 25.2 Å². The molecule has 0 radical (unpaired) electrons. The zero-order chi connectivity index (χ0) is 26.6. The molecular formula is C29H36N6O3. The van der Waals surface area contributed by atoms with Gasteiger partial charge in [-0.25, -0.2) is 4.68 Å². The third kappa shape index (κ3) is 5.49. The fourth-order valence-electron chi connectivity index (χ4n) is 5.35. The highest BCUT2D eigenvalue weighted by Crippen LogP contribution is 2.30. The van der Waals surface area contributed by atoms with Crippen LogP contribution in [0.2, 0.25) is 0 Å². The molecule has 2 aromatic carbocycles. The van der Waals surface area contributed by atoms with Crippen molar-refractivity contribution in [1.29, 1.82) is 0 Å². The number of aromatic nitrogens is 5. The molecule has 0 unspecified atom stereocenters. The zero-order valence-electron chi connectivity index (χ0n) is 22.6. The minimum atomic E-state index is -0.119. The van der Waals surface area contributed by atoms with Gasteiger partial charge in [-0.2, -0.15) is 0 Å². The van der Waals surface area contributed by atoms with E-state index >= 15 is 0 Å². The minimum Gasteiger partial charge on any atom is -0.496 e. The maximum absolute atomic E-state index is 13.3. The van der Waals surface area contributed by atoms with Gasteiger partial charge in [-0.3, -0.25) is 9.69 Å². The molecule has 200 valence electrons. The van der Waals surface area contributed by atoms with Gasteiger partial charge in [0.2, 0.25) is 0 Å². The third-order valence-electron chi connectivity index (χ3n) is 7.56. The van der Waals surface area contributed by atoms with Crippen molar-refractivity contribution < 1.29 is 9.47 Å². The molecule has 0 amide bonds. The van der Waals surface area contributed by atoms with E-state index in [4.69, 9.17) is 9.47 Å². The van der Waals surface area contributed by atoms with Crippen LogP contribution in [0.5, 0.6) is 5.75 Å². The quantitative estimate of drug-likeness (QED) is 0.332. The summed E-state index contributed by atoms with van der Waals surface area (Å²) in [6.07, 6.45) is 2.95. The predicted molar refractivity (Wildman–Crippen MR) is 146 cm³/mol. The molecule has 0 spiro atoms. The number of methoxy groups -OCH3 is 1. The number of rotatable bonds is 10. The van der Waals surface area contributed by atoms with Gasteiger partial charge in [-0.15, -0.1) is 5.10 Å². The highest BCUT2D eigenvalue weighted by molar-refractivity contribution is 5.80. The van der Waals surface area contributed by atoms with Crippen LogP contribution >= 0.6 is 0 Å². The monoisotopic (exact) mass is 516 g/mol. The van der Waals surface area contributed by atoms with Gasteiger partial charge >= 0.3 is 0 Å². The molecule has 2 atom stereocenters. The highest BCUT2D eigenvalue weighted by Gasteiger charge is 2.28. The van der Waals surface area contributed by atoms with Gasteiger partial charge < -0.3 is 14.5 Å². The van der Waals surface area contributed by atoms with E-state index in [1.54, 1.807) is 7.11 Å². The number of aryl methyl sites for hydroxylation is 2. The van der Waals surface area contributed by atoms with Crippen LogP contribution in [0.15, 0.2) is 47.3 Å². The second-order valence-corrected chi connectivity index (χ2v) is 10.1. The van der Waals surface area contributed by atoms with Crippen LogP contribution in [0.1, 0.15) is 60.3 Å². The Morgan fingerprint density at radius 2 is 1.95 bits per heavy atom. The SMILES string of the molecule is CC[C@@H](c1nnnn1C[C@@H]1CCCO1)N(Cc1ccccc1OC)Cc1cc2cc(C)c(C)cc2[nH]c1=O. The summed E-state index contributed by atoms with van der Waals surface area (Å²) in [6, 6.07) is 14.1. The predicted octanol–water partition coefficient (Wildman–Crippen LogP) is 4.47. The summed E-state index contributed by atoms with van der Waals surface area (Å²) >= 11 is 0. The summed E-state index contributed by atoms with van der Waals surface area (Å²) in [6.45, 7) is 8.68. The molecule has 1 fully saturated rings. The number of H-pyrrole nitrogens is 1. The Morgan fingerprint density at radius 3 is 2.71 bits per heavy atom. The lowest BCUT2D eigenvalue weighted by molar-refractivity contribution is 0.0887. The fraction of sp³-hybridized carbons (Fsp3) is 0.448. The zero-order valence-corrected chi connectivity index (χ0v) is 22.6. The molecule has 1 aliphatic heterocycles. The average molecular weight is 517 g/mol. The van der Waals surface area contributed by atoms with Crippen molar-refractivity contribution in [3.63, 3.8) is 0 Å². The Kier molecular flexibility index (Phi) is 7.85. The number of tetrazole rings is 1. The van der Waals surface area contributed by atoms with Gasteiger partial charge in [0.05, 0.1) is 25.8 Å².